The molecule has 0 bridgehead atoms. The molecule has 0 spiro atoms. The molecule has 5 nitrogen and oxygen atoms in total. The Morgan fingerprint density at radius 3 is 2.43 bits per heavy atom. The van der Waals surface area contributed by atoms with Crippen molar-refractivity contribution in [3.63, 3.8) is 0 Å². The average Bonchev–Trinajstić information content (AvgIpc) is 2.99. The number of hydrogen-bond acceptors (Lipinski definition) is 4. The number of likely N-dealkylation sites (N-methyl/N-ethyl adjacent to an activating group) is 1. The number of piperazine rings is 1. The normalized spacial score (nSPS) is 27.3. The number of nitrogens with one attached hydrogen (secondary N) is 1. The van der Waals surface area contributed by atoms with E-state index in [1.54, 1.807) is 0 Å². The summed E-state index contributed by atoms with van der Waals surface area (Å²) in [5.74, 6) is 4.31. The van der Waals surface area contributed by atoms with Crippen molar-refractivity contribution in [2.24, 2.45) is 10.9 Å². The lowest BCUT2D eigenvalue weighted by Gasteiger charge is -2.40. The van der Waals surface area contributed by atoms with Crippen molar-refractivity contribution in [1.29, 1.82) is 0 Å². The van der Waals surface area contributed by atoms with Crippen LogP contribution in [0.5, 0.6) is 0 Å². The van der Waals surface area contributed by atoms with Gasteiger partial charge in [0.2, 0.25) is 0 Å². The zero-order valence-corrected chi connectivity index (χ0v) is 16.5. The molecular weight excluding hydrogens is 306 g/mol. The summed E-state index contributed by atoms with van der Waals surface area (Å²) in [6, 6.07) is 0. The van der Waals surface area contributed by atoms with Crippen LogP contribution in [0.1, 0.15) is 20.3 Å². The van der Waals surface area contributed by atoms with E-state index in [0.717, 1.165) is 44.6 Å². The Morgan fingerprint density at radius 2 is 1.96 bits per heavy atom. The summed E-state index contributed by atoms with van der Waals surface area (Å²) in [6.07, 6.45) is 1.26. The molecule has 0 aromatic heterocycles. The Balaban J connectivity index is 1.84. The standard InChI is InChI=1S/C17H35N5S/c1-15(2)12-21-7-9-22(10-8-21)16(18-3)19-13-17(20(4)5)6-11-23-14-17/h15H,6-14H2,1-5H3,(H,18,19). The molecule has 134 valence electrons. The highest BCUT2D eigenvalue weighted by atomic mass is 32.2. The van der Waals surface area contributed by atoms with E-state index in [0.29, 0.717) is 0 Å². The van der Waals surface area contributed by atoms with Crippen LogP contribution in [-0.2, 0) is 0 Å². The molecule has 2 fully saturated rings. The second-order valence-electron chi connectivity index (χ2n) is 7.50. The van der Waals surface area contributed by atoms with Gasteiger partial charge >= 0.3 is 0 Å². The molecule has 2 aliphatic rings. The van der Waals surface area contributed by atoms with Crippen LogP contribution < -0.4 is 5.32 Å². The van der Waals surface area contributed by atoms with E-state index in [1.165, 1.54) is 24.5 Å². The van der Waals surface area contributed by atoms with Crippen LogP contribution >= 0.6 is 11.8 Å². The number of aliphatic imine (C=N–C) groups is 1. The van der Waals surface area contributed by atoms with E-state index in [-0.39, 0.29) is 5.54 Å². The topological polar surface area (TPSA) is 34.1 Å². The van der Waals surface area contributed by atoms with Gasteiger partial charge in [0, 0.05) is 57.6 Å². The first-order valence-corrected chi connectivity index (χ1v) is 10.1. The SMILES string of the molecule is CN=C(NCC1(N(C)C)CCSC1)N1CCN(CC(C)C)CC1. The van der Waals surface area contributed by atoms with Crippen LogP contribution in [0, 0.1) is 5.92 Å². The Hall–Kier alpha value is -0.460. The Labute approximate surface area is 146 Å². The number of nitrogens with zero attached hydrogens (tertiary/aromatic N) is 4. The van der Waals surface area contributed by atoms with Crippen molar-refractivity contribution in [3.05, 3.63) is 0 Å². The molecule has 1 atom stereocenters. The summed E-state index contributed by atoms with van der Waals surface area (Å²) in [5, 5.41) is 3.66. The van der Waals surface area contributed by atoms with Crippen molar-refractivity contribution in [2.75, 3.05) is 71.9 Å². The molecule has 1 N–H and O–H groups in total. The van der Waals surface area contributed by atoms with Crippen molar-refractivity contribution < 1.29 is 0 Å². The third-order valence-corrected chi connectivity index (χ3v) is 6.35. The van der Waals surface area contributed by atoms with E-state index in [4.69, 9.17) is 0 Å². The first kappa shape index (κ1) is 18.9. The predicted octanol–water partition coefficient (Wildman–Crippen LogP) is 1.27. The molecule has 6 heteroatoms. The quantitative estimate of drug-likeness (QED) is 0.602. The number of hydrogen-bond donors (Lipinski definition) is 1. The van der Waals surface area contributed by atoms with E-state index < -0.39 is 0 Å². The van der Waals surface area contributed by atoms with Gasteiger partial charge in [-0.05, 0) is 32.2 Å². The van der Waals surface area contributed by atoms with Crippen molar-refractivity contribution in [3.8, 4) is 0 Å². The van der Waals surface area contributed by atoms with Gasteiger partial charge in [0.25, 0.3) is 0 Å². The fourth-order valence-corrected chi connectivity index (χ4v) is 5.03. The predicted molar refractivity (Wildman–Crippen MR) is 103 cm³/mol. The Kier molecular flexibility index (Phi) is 7.04. The van der Waals surface area contributed by atoms with Gasteiger partial charge in [0.15, 0.2) is 5.96 Å². The minimum atomic E-state index is 0.278. The van der Waals surface area contributed by atoms with Crippen molar-refractivity contribution in [1.82, 2.24) is 20.0 Å². The highest BCUT2D eigenvalue weighted by Gasteiger charge is 2.37. The second-order valence-corrected chi connectivity index (χ2v) is 8.61. The van der Waals surface area contributed by atoms with Crippen LogP contribution in [0.2, 0.25) is 0 Å². The molecule has 0 amide bonds. The maximum absolute atomic E-state index is 4.54. The van der Waals surface area contributed by atoms with Crippen LogP contribution in [0.15, 0.2) is 4.99 Å². The summed E-state index contributed by atoms with van der Waals surface area (Å²) in [7, 11) is 6.33. The third kappa shape index (κ3) is 5.00. The van der Waals surface area contributed by atoms with Gasteiger partial charge in [-0.3, -0.25) is 9.89 Å². The van der Waals surface area contributed by atoms with Gasteiger partial charge in [-0.1, -0.05) is 13.8 Å². The largest absolute Gasteiger partial charge is 0.354 e. The number of guanidine groups is 1. The summed E-state index contributed by atoms with van der Waals surface area (Å²) in [5.41, 5.74) is 0.278. The summed E-state index contributed by atoms with van der Waals surface area (Å²) in [4.78, 5) is 11.9. The number of thioether (sulfide) groups is 1. The molecule has 0 aromatic rings. The first-order chi connectivity index (χ1) is 11.0. The molecule has 0 saturated carbocycles. The lowest BCUT2D eigenvalue weighted by molar-refractivity contribution is 0.158. The zero-order valence-electron chi connectivity index (χ0n) is 15.6. The lowest BCUT2D eigenvalue weighted by Crippen LogP contribution is -2.58. The van der Waals surface area contributed by atoms with Gasteiger partial charge in [0.05, 0.1) is 0 Å². The molecule has 0 aliphatic carbocycles. The molecule has 2 saturated heterocycles. The van der Waals surface area contributed by atoms with Crippen LogP contribution in [0.3, 0.4) is 0 Å². The molecule has 2 aliphatic heterocycles. The van der Waals surface area contributed by atoms with E-state index >= 15 is 0 Å². The van der Waals surface area contributed by atoms with Crippen LogP contribution in [-0.4, -0.2) is 98.1 Å². The molecular formula is C17H35N5S. The van der Waals surface area contributed by atoms with Gasteiger partial charge < -0.3 is 15.1 Å². The Morgan fingerprint density at radius 1 is 1.26 bits per heavy atom. The molecule has 2 rings (SSSR count). The highest BCUT2D eigenvalue weighted by molar-refractivity contribution is 7.99. The monoisotopic (exact) mass is 341 g/mol. The molecule has 1 unspecified atom stereocenters. The first-order valence-electron chi connectivity index (χ1n) is 8.90. The van der Waals surface area contributed by atoms with Crippen LogP contribution in [0.25, 0.3) is 0 Å². The van der Waals surface area contributed by atoms with Crippen molar-refractivity contribution in [2.45, 2.75) is 25.8 Å². The minimum Gasteiger partial charge on any atom is -0.354 e. The lowest BCUT2D eigenvalue weighted by atomic mass is 9.97. The zero-order chi connectivity index (χ0) is 16.9. The van der Waals surface area contributed by atoms with E-state index in [2.05, 4.69) is 64.7 Å². The van der Waals surface area contributed by atoms with Gasteiger partial charge in [-0.2, -0.15) is 11.8 Å². The Bertz CT molecular complexity index is 382. The third-order valence-electron chi connectivity index (χ3n) is 5.11. The fraction of sp³-hybridized carbons (Fsp3) is 0.941. The van der Waals surface area contributed by atoms with Gasteiger partial charge in [-0.15, -0.1) is 0 Å². The summed E-state index contributed by atoms with van der Waals surface area (Å²) in [6.45, 7) is 11.3. The molecule has 2 heterocycles. The van der Waals surface area contributed by atoms with Crippen LogP contribution in [0.4, 0.5) is 0 Å². The van der Waals surface area contributed by atoms with E-state index in [1.807, 2.05) is 7.05 Å². The maximum Gasteiger partial charge on any atom is 0.193 e. The van der Waals surface area contributed by atoms with Gasteiger partial charge in [-0.25, -0.2) is 0 Å². The smallest absolute Gasteiger partial charge is 0.193 e. The van der Waals surface area contributed by atoms with E-state index in [9.17, 15) is 0 Å². The minimum absolute atomic E-state index is 0.278. The highest BCUT2D eigenvalue weighted by Crippen LogP contribution is 2.31. The molecule has 0 radical (unpaired) electrons. The summed E-state index contributed by atoms with van der Waals surface area (Å²) < 4.78 is 0. The fourth-order valence-electron chi connectivity index (χ4n) is 3.48. The summed E-state index contributed by atoms with van der Waals surface area (Å²) >= 11 is 2.07. The van der Waals surface area contributed by atoms with Crippen molar-refractivity contribution >= 4 is 17.7 Å². The molecule has 0 aromatic carbocycles. The molecule has 23 heavy (non-hydrogen) atoms. The second kappa shape index (κ2) is 8.58. The average molecular weight is 342 g/mol. The maximum atomic E-state index is 4.54. The number of rotatable bonds is 5. The van der Waals surface area contributed by atoms with Gasteiger partial charge in [0.1, 0.15) is 0 Å².